The highest BCUT2D eigenvalue weighted by atomic mass is 35.5. The number of sulfone groups is 1. The number of aromatic hydroxyl groups is 1. The van der Waals surface area contributed by atoms with Crippen LogP contribution in [0, 0.1) is 0 Å². The number of amides is 2. The van der Waals surface area contributed by atoms with Crippen LogP contribution in [0.4, 0.5) is 0 Å². The van der Waals surface area contributed by atoms with Crippen LogP contribution in [-0.2, 0) is 16.4 Å². The standard InChI is InChI=1S/C24H22Cl2N4O6S2/c25-14-4-1-5-15(26)18(14)23(33)29-8-2-6-16(29)21-27-22(32)20(31)19-24(34)28(9-10-30(19)21)11-13-38(35,36)17-7-3-12-37-17/h1,3-5,7,12,16,31H,2,6,8-11,13H2/t16-/m0/s1. The molecular formula is C24H22Cl2N4O6S2. The molecule has 200 valence electrons. The van der Waals surface area contributed by atoms with Crippen molar-refractivity contribution in [1.29, 1.82) is 0 Å². The Morgan fingerprint density at radius 2 is 1.84 bits per heavy atom. The highest BCUT2D eigenvalue weighted by Crippen LogP contribution is 2.36. The number of rotatable bonds is 6. The van der Waals surface area contributed by atoms with Gasteiger partial charge in [-0.3, -0.25) is 14.4 Å². The molecule has 1 N–H and O–H groups in total. The van der Waals surface area contributed by atoms with Crippen LogP contribution in [0.25, 0.3) is 0 Å². The molecule has 38 heavy (non-hydrogen) atoms. The summed E-state index contributed by atoms with van der Waals surface area (Å²) in [6.45, 7) is 0.544. The lowest BCUT2D eigenvalue weighted by molar-refractivity contribution is 0.0689. The average molecular weight is 598 g/mol. The summed E-state index contributed by atoms with van der Waals surface area (Å²) in [5, 5.41) is 12.6. The fourth-order valence-corrected chi connectivity index (χ4v) is 7.80. The van der Waals surface area contributed by atoms with Crippen LogP contribution in [-0.4, -0.2) is 70.1 Å². The third-order valence-corrected chi connectivity index (χ3v) is 10.5. The number of aromatic nitrogens is 2. The largest absolute Gasteiger partial charge is 0.501 e. The molecule has 2 aliphatic rings. The lowest BCUT2D eigenvalue weighted by atomic mass is 10.1. The van der Waals surface area contributed by atoms with E-state index in [0.717, 1.165) is 11.3 Å². The van der Waals surface area contributed by atoms with Crippen LogP contribution < -0.4 is 5.56 Å². The van der Waals surface area contributed by atoms with Gasteiger partial charge in [0.15, 0.2) is 15.5 Å². The first-order valence-electron chi connectivity index (χ1n) is 11.7. The Bertz CT molecular complexity index is 1570. The minimum atomic E-state index is -3.59. The predicted molar refractivity (Wildman–Crippen MR) is 142 cm³/mol. The van der Waals surface area contributed by atoms with Crippen molar-refractivity contribution in [2.45, 2.75) is 29.6 Å². The quantitative estimate of drug-likeness (QED) is 0.462. The van der Waals surface area contributed by atoms with E-state index in [4.69, 9.17) is 23.2 Å². The molecule has 5 rings (SSSR count). The molecule has 0 radical (unpaired) electrons. The molecule has 2 amide bonds. The number of benzene rings is 1. The lowest BCUT2D eigenvalue weighted by Crippen LogP contribution is -2.46. The topological polar surface area (TPSA) is 130 Å². The van der Waals surface area contributed by atoms with Gasteiger partial charge < -0.3 is 19.5 Å². The fourth-order valence-electron chi connectivity index (χ4n) is 4.84. The van der Waals surface area contributed by atoms with Crippen molar-refractivity contribution < 1.29 is 23.1 Å². The monoisotopic (exact) mass is 596 g/mol. The summed E-state index contributed by atoms with van der Waals surface area (Å²) in [6, 6.07) is 7.23. The number of halogens is 2. The van der Waals surface area contributed by atoms with E-state index in [1.165, 1.54) is 20.4 Å². The van der Waals surface area contributed by atoms with Crippen molar-refractivity contribution in [3.8, 4) is 5.75 Å². The van der Waals surface area contributed by atoms with Crippen molar-refractivity contribution >= 4 is 56.2 Å². The number of thiophene rings is 1. The third kappa shape index (κ3) is 4.70. The van der Waals surface area contributed by atoms with Gasteiger partial charge in [0.2, 0.25) is 5.75 Å². The summed E-state index contributed by atoms with van der Waals surface area (Å²) in [4.78, 5) is 46.3. The molecule has 0 bridgehead atoms. The van der Waals surface area contributed by atoms with Gasteiger partial charge in [0.05, 0.1) is 27.4 Å². The van der Waals surface area contributed by atoms with Crippen LogP contribution >= 0.6 is 34.5 Å². The zero-order valence-electron chi connectivity index (χ0n) is 19.8. The van der Waals surface area contributed by atoms with E-state index in [1.54, 1.807) is 29.6 Å². The maximum atomic E-state index is 13.4. The zero-order chi connectivity index (χ0) is 27.2. The van der Waals surface area contributed by atoms with Gasteiger partial charge in [-0.25, -0.2) is 8.42 Å². The summed E-state index contributed by atoms with van der Waals surface area (Å²) in [5.74, 6) is -2.04. The second-order valence-electron chi connectivity index (χ2n) is 8.92. The van der Waals surface area contributed by atoms with Crippen molar-refractivity contribution in [3.63, 3.8) is 0 Å². The van der Waals surface area contributed by atoms with Gasteiger partial charge >= 0.3 is 5.56 Å². The van der Waals surface area contributed by atoms with Gasteiger partial charge in [0.1, 0.15) is 10.0 Å². The Kier molecular flexibility index (Phi) is 7.25. The molecule has 10 nitrogen and oxygen atoms in total. The van der Waals surface area contributed by atoms with Gasteiger partial charge in [-0.15, -0.1) is 11.3 Å². The Balaban J connectivity index is 1.46. The molecule has 1 atom stereocenters. The predicted octanol–water partition coefficient (Wildman–Crippen LogP) is 3.22. The van der Waals surface area contributed by atoms with Crippen molar-refractivity contribution in [1.82, 2.24) is 19.4 Å². The Morgan fingerprint density at radius 1 is 1.11 bits per heavy atom. The maximum absolute atomic E-state index is 13.4. The Hall–Kier alpha value is -2.93. The highest BCUT2D eigenvalue weighted by molar-refractivity contribution is 7.93. The van der Waals surface area contributed by atoms with Crippen molar-refractivity contribution in [2.75, 3.05) is 25.4 Å². The van der Waals surface area contributed by atoms with E-state index < -0.39 is 39.0 Å². The minimum absolute atomic E-state index is 0.108. The summed E-state index contributed by atoms with van der Waals surface area (Å²) < 4.78 is 26.9. The van der Waals surface area contributed by atoms with Crippen LogP contribution in [0.5, 0.6) is 5.75 Å². The van der Waals surface area contributed by atoms with Crippen LogP contribution in [0.15, 0.2) is 44.7 Å². The molecule has 0 saturated carbocycles. The molecule has 4 heterocycles. The van der Waals surface area contributed by atoms with Crippen molar-refractivity contribution in [2.24, 2.45) is 0 Å². The van der Waals surface area contributed by atoms with Gasteiger partial charge in [0.25, 0.3) is 11.8 Å². The number of hydrogen-bond donors (Lipinski definition) is 1. The van der Waals surface area contributed by atoms with E-state index in [2.05, 4.69) is 4.98 Å². The average Bonchev–Trinajstić information content (AvgIpc) is 3.58. The summed E-state index contributed by atoms with van der Waals surface area (Å²) in [6.07, 6.45) is 1.09. The third-order valence-electron chi connectivity index (χ3n) is 6.69. The van der Waals surface area contributed by atoms with Crippen molar-refractivity contribution in [3.05, 3.63) is 73.2 Å². The summed E-state index contributed by atoms with van der Waals surface area (Å²) in [5.41, 5.74) is -1.13. The first kappa shape index (κ1) is 26.7. The SMILES string of the molecule is O=C1c2c(O)c(=O)nc([C@@H]3CCCN3C(=O)c3c(Cl)cccc3Cl)n2CCN1CCS(=O)(=O)c1cccs1. The zero-order valence-corrected chi connectivity index (χ0v) is 23.0. The molecule has 1 saturated heterocycles. The van der Waals surface area contributed by atoms with Crippen LogP contribution in [0.3, 0.4) is 0 Å². The molecule has 1 aromatic carbocycles. The lowest BCUT2D eigenvalue weighted by Gasteiger charge is -2.34. The van der Waals surface area contributed by atoms with E-state index in [0.29, 0.717) is 19.4 Å². The second-order valence-corrected chi connectivity index (χ2v) is 13.0. The molecule has 0 aliphatic carbocycles. The maximum Gasteiger partial charge on any atom is 0.315 e. The number of carbonyl (C=O) groups is 2. The summed E-state index contributed by atoms with van der Waals surface area (Å²) >= 11 is 13.6. The molecule has 14 heteroatoms. The van der Waals surface area contributed by atoms with Gasteiger partial charge in [-0.1, -0.05) is 35.3 Å². The molecule has 0 spiro atoms. The Morgan fingerprint density at radius 3 is 2.53 bits per heavy atom. The van der Waals surface area contributed by atoms with E-state index in [9.17, 15) is 27.9 Å². The van der Waals surface area contributed by atoms with Gasteiger partial charge in [-0.2, -0.15) is 4.98 Å². The van der Waals surface area contributed by atoms with Crippen LogP contribution in [0.2, 0.25) is 10.0 Å². The second kappa shape index (κ2) is 10.3. The van der Waals surface area contributed by atoms with Gasteiger partial charge in [-0.05, 0) is 36.4 Å². The number of likely N-dealkylation sites (tertiary alicyclic amines) is 1. The number of carbonyl (C=O) groups excluding carboxylic acids is 2. The van der Waals surface area contributed by atoms with Crippen LogP contribution in [0.1, 0.15) is 45.6 Å². The molecule has 3 aromatic rings. The highest BCUT2D eigenvalue weighted by Gasteiger charge is 2.39. The first-order chi connectivity index (χ1) is 18.1. The molecule has 2 aliphatic heterocycles. The first-order valence-corrected chi connectivity index (χ1v) is 15.0. The van der Waals surface area contributed by atoms with E-state index in [1.807, 2.05) is 0 Å². The van der Waals surface area contributed by atoms with E-state index in [-0.39, 0.29) is 56.7 Å². The fraction of sp³-hybridized carbons (Fsp3) is 0.333. The van der Waals surface area contributed by atoms with E-state index >= 15 is 0 Å². The number of nitrogens with zero attached hydrogens (tertiary/aromatic N) is 4. The smallest absolute Gasteiger partial charge is 0.315 e. The minimum Gasteiger partial charge on any atom is -0.501 e. The Labute approximate surface area is 232 Å². The molecule has 0 unspecified atom stereocenters. The summed E-state index contributed by atoms with van der Waals surface area (Å²) in [7, 11) is -3.59. The molecule has 2 aromatic heterocycles. The van der Waals surface area contributed by atoms with Gasteiger partial charge in [0, 0.05) is 26.2 Å². The number of hydrogen-bond acceptors (Lipinski definition) is 8. The molecular weight excluding hydrogens is 575 g/mol. The number of fused-ring (bicyclic) bond motifs is 1. The normalized spacial score (nSPS) is 17.6. The molecule has 1 fully saturated rings.